The Labute approximate surface area is 152 Å². The van der Waals surface area contributed by atoms with E-state index < -0.39 is 4.92 Å². The topological polar surface area (TPSA) is 85.1 Å². The molecule has 1 aromatic heterocycles. The molecule has 0 atom stereocenters. The molecule has 0 fully saturated rings. The van der Waals surface area contributed by atoms with E-state index in [4.69, 9.17) is 11.6 Å². The van der Waals surface area contributed by atoms with Gasteiger partial charge in [0, 0.05) is 17.3 Å². The number of aromatic nitrogens is 1. The molecule has 25 heavy (non-hydrogen) atoms. The lowest BCUT2D eigenvalue weighted by Crippen LogP contribution is -2.02. The van der Waals surface area contributed by atoms with Crippen molar-refractivity contribution in [2.24, 2.45) is 0 Å². The number of aryl methyl sites for hydroxylation is 1. The molecule has 0 radical (unpaired) electrons. The number of halogens is 1. The van der Waals surface area contributed by atoms with Crippen molar-refractivity contribution in [3.05, 3.63) is 79.8 Å². The van der Waals surface area contributed by atoms with Gasteiger partial charge in [-0.05, 0) is 31.2 Å². The summed E-state index contributed by atoms with van der Waals surface area (Å²) in [6, 6.07) is 13.5. The van der Waals surface area contributed by atoms with E-state index in [0.29, 0.717) is 15.7 Å². The van der Waals surface area contributed by atoms with Crippen molar-refractivity contribution in [2.75, 3.05) is 5.32 Å². The minimum atomic E-state index is -0.610. The summed E-state index contributed by atoms with van der Waals surface area (Å²) >= 11 is 7.00. The van der Waals surface area contributed by atoms with Crippen LogP contribution in [0.4, 0.5) is 16.5 Å². The van der Waals surface area contributed by atoms with Crippen LogP contribution in [0, 0.1) is 17.0 Å². The highest BCUT2D eigenvalue weighted by Crippen LogP contribution is 2.30. The summed E-state index contributed by atoms with van der Waals surface area (Å²) in [4.78, 5) is 27.9. The number of nitrogens with zero attached hydrogens (tertiary/aromatic N) is 2. The molecular formula is C17H12ClN3O3S. The number of carbonyl (C=O) groups excluding carboxylic acids is 1. The van der Waals surface area contributed by atoms with Crippen molar-refractivity contribution >= 4 is 45.2 Å². The molecule has 126 valence electrons. The quantitative estimate of drug-likeness (QED) is 0.387. The van der Waals surface area contributed by atoms with Gasteiger partial charge in [-0.15, -0.1) is 0 Å². The summed E-state index contributed by atoms with van der Waals surface area (Å²) in [5, 5.41) is 14.7. The maximum atomic E-state index is 12.7. The Bertz CT molecular complexity index is 957. The first-order chi connectivity index (χ1) is 12.0. The third kappa shape index (κ3) is 3.67. The number of anilines is 2. The SMILES string of the molecule is Cc1nc(Nc2ccccc2)sc1C(=O)c1ccc(Cl)c([N+](=O)[O-])c1. The third-order valence-electron chi connectivity index (χ3n) is 3.43. The average molecular weight is 374 g/mol. The molecule has 2 aromatic carbocycles. The zero-order valence-corrected chi connectivity index (χ0v) is 14.6. The Morgan fingerprint density at radius 2 is 1.96 bits per heavy atom. The fraction of sp³-hybridized carbons (Fsp3) is 0.0588. The monoisotopic (exact) mass is 373 g/mol. The Morgan fingerprint density at radius 3 is 2.64 bits per heavy atom. The Kier molecular flexibility index (Phi) is 4.78. The Balaban J connectivity index is 1.90. The van der Waals surface area contributed by atoms with Crippen molar-refractivity contribution in [3.63, 3.8) is 0 Å². The smallest absolute Gasteiger partial charge is 0.288 e. The van der Waals surface area contributed by atoms with Crippen LogP contribution < -0.4 is 5.32 Å². The number of rotatable bonds is 5. The van der Waals surface area contributed by atoms with Crippen molar-refractivity contribution in [3.8, 4) is 0 Å². The number of hydrogen-bond donors (Lipinski definition) is 1. The Hall–Kier alpha value is -2.77. The number of thiazole rings is 1. The number of nitro benzene ring substituents is 1. The third-order valence-corrected chi connectivity index (χ3v) is 4.82. The first-order valence-electron chi connectivity index (χ1n) is 7.24. The number of para-hydroxylation sites is 1. The first kappa shape index (κ1) is 17.1. The molecule has 3 aromatic rings. The van der Waals surface area contributed by atoms with Crippen LogP contribution in [-0.4, -0.2) is 15.7 Å². The number of benzene rings is 2. The van der Waals surface area contributed by atoms with Crippen LogP contribution in [0.5, 0.6) is 0 Å². The van der Waals surface area contributed by atoms with Gasteiger partial charge in [0.25, 0.3) is 5.69 Å². The molecule has 0 saturated heterocycles. The average Bonchev–Trinajstić information content (AvgIpc) is 2.95. The maximum absolute atomic E-state index is 12.7. The summed E-state index contributed by atoms with van der Waals surface area (Å²) in [5.74, 6) is -0.323. The van der Waals surface area contributed by atoms with Crippen LogP contribution in [0.25, 0.3) is 0 Å². The van der Waals surface area contributed by atoms with E-state index in [1.165, 1.54) is 29.5 Å². The molecule has 0 saturated carbocycles. The molecule has 1 heterocycles. The predicted octanol–water partition coefficient (Wildman–Crippen LogP) is 4.99. The molecule has 0 bridgehead atoms. The van der Waals surface area contributed by atoms with Crippen molar-refractivity contribution < 1.29 is 9.72 Å². The lowest BCUT2D eigenvalue weighted by molar-refractivity contribution is -0.384. The van der Waals surface area contributed by atoms with E-state index >= 15 is 0 Å². The van der Waals surface area contributed by atoms with E-state index in [2.05, 4.69) is 10.3 Å². The molecule has 0 aliphatic carbocycles. The summed E-state index contributed by atoms with van der Waals surface area (Å²) in [5.41, 5.74) is 1.33. The van der Waals surface area contributed by atoms with E-state index in [-0.39, 0.29) is 22.1 Å². The molecule has 0 unspecified atom stereocenters. The second kappa shape index (κ2) is 7.00. The second-order valence-electron chi connectivity index (χ2n) is 5.18. The van der Waals surface area contributed by atoms with Crippen molar-refractivity contribution in [1.82, 2.24) is 4.98 Å². The van der Waals surface area contributed by atoms with Crippen LogP contribution in [0.3, 0.4) is 0 Å². The van der Waals surface area contributed by atoms with Crippen molar-refractivity contribution in [1.29, 1.82) is 0 Å². The molecule has 0 aliphatic rings. The zero-order chi connectivity index (χ0) is 18.0. The van der Waals surface area contributed by atoms with E-state index in [1.54, 1.807) is 6.92 Å². The fourth-order valence-electron chi connectivity index (χ4n) is 2.23. The van der Waals surface area contributed by atoms with Gasteiger partial charge in [-0.3, -0.25) is 14.9 Å². The number of nitrogens with one attached hydrogen (secondary N) is 1. The molecule has 6 nitrogen and oxygen atoms in total. The van der Waals surface area contributed by atoms with Crippen LogP contribution in [0.15, 0.2) is 48.5 Å². The van der Waals surface area contributed by atoms with Gasteiger partial charge in [0.15, 0.2) is 5.13 Å². The van der Waals surface area contributed by atoms with Crippen molar-refractivity contribution in [2.45, 2.75) is 6.92 Å². The standard InChI is InChI=1S/C17H12ClN3O3S/c1-10-16(25-17(19-10)20-12-5-3-2-4-6-12)15(22)11-7-8-13(18)14(9-11)21(23)24/h2-9H,1H3,(H,19,20). The number of carbonyl (C=O) groups is 1. The highest BCUT2D eigenvalue weighted by atomic mass is 35.5. The minimum absolute atomic E-state index is 0.00555. The van der Waals surface area contributed by atoms with E-state index in [9.17, 15) is 14.9 Å². The van der Waals surface area contributed by atoms with Gasteiger partial charge < -0.3 is 5.32 Å². The number of nitro groups is 1. The Morgan fingerprint density at radius 1 is 1.24 bits per heavy atom. The maximum Gasteiger partial charge on any atom is 0.288 e. The highest BCUT2D eigenvalue weighted by molar-refractivity contribution is 7.17. The normalized spacial score (nSPS) is 10.5. The van der Waals surface area contributed by atoms with Gasteiger partial charge in [0.1, 0.15) is 5.02 Å². The van der Waals surface area contributed by atoms with Crippen LogP contribution >= 0.6 is 22.9 Å². The minimum Gasteiger partial charge on any atom is -0.332 e. The van der Waals surface area contributed by atoms with Gasteiger partial charge in [0.05, 0.1) is 15.5 Å². The van der Waals surface area contributed by atoms with E-state index in [1.807, 2.05) is 30.3 Å². The lowest BCUT2D eigenvalue weighted by Gasteiger charge is -2.01. The second-order valence-corrected chi connectivity index (χ2v) is 6.58. The molecule has 8 heteroatoms. The fourth-order valence-corrected chi connectivity index (χ4v) is 3.37. The zero-order valence-electron chi connectivity index (χ0n) is 13.0. The predicted molar refractivity (Wildman–Crippen MR) is 98.1 cm³/mol. The molecule has 0 aliphatic heterocycles. The molecule has 3 rings (SSSR count). The molecule has 0 spiro atoms. The van der Waals surface area contributed by atoms with Gasteiger partial charge in [0.2, 0.25) is 5.78 Å². The summed E-state index contributed by atoms with van der Waals surface area (Å²) in [6.07, 6.45) is 0. The molecular weight excluding hydrogens is 362 g/mol. The summed E-state index contributed by atoms with van der Waals surface area (Å²) < 4.78 is 0. The van der Waals surface area contributed by atoms with Gasteiger partial charge in [-0.25, -0.2) is 4.98 Å². The van der Waals surface area contributed by atoms with Crippen LogP contribution in [0.1, 0.15) is 20.9 Å². The number of hydrogen-bond acceptors (Lipinski definition) is 6. The van der Waals surface area contributed by atoms with Gasteiger partial charge >= 0.3 is 0 Å². The lowest BCUT2D eigenvalue weighted by atomic mass is 10.1. The van der Waals surface area contributed by atoms with Crippen LogP contribution in [0.2, 0.25) is 5.02 Å². The van der Waals surface area contributed by atoms with Gasteiger partial charge in [-0.1, -0.05) is 41.1 Å². The number of ketones is 1. The summed E-state index contributed by atoms with van der Waals surface area (Å²) in [7, 11) is 0. The van der Waals surface area contributed by atoms with Gasteiger partial charge in [-0.2, -0.15) is 0 Å². The summed E-state index contributed by atoms with van der Waals surface area (Å²) in [6.45, 7) is 1.73. The molecule has 0 amide bonds. The largest absolute Gasteiger partial charge is 0.332 e. The van der Waals surface area contributed by atoms with Crippen LogP contribution in [-0.2, 0) is 0 Å². The molecule has 1 N–H and O–H groups in total. The highest BCUT2D eigenvalue weighted by Gasteiger charge is 2.21. The van der Waals surface area contributed by atoms with E-state index in [0.717, 1.165) is 5.69 Å². The first-order valence-corrected chi connectivity index (χ1v) is 8.43.